The number of nitrogens with zero attached hydrogens (tertiary/aromatic N) is 2. The molecule has 7 nitrogen and oxygen atoms in total. The van der Waals surface area contributed by atoms with Gasteiger partial charge in [-0.3, -0.25) is 0 Å². The van der Waals surface area contributed by atoms with E-state index in [2.05, 4.69) is 14.9 Å². The lowest BCUT2D eigenvalue weighted by molar-refractivity contribution is 0.0556. The summed E-state index contributed by atoms with van der Waals surface area (Å²) in [4.78, 5) is 11.2. The Hall–Kier alpha value is -2.57. The van der Waals surface area contributed by atoms with Crippen molar-refractivity contribution in [1.82, 2.24) is 10.2 Å². The van der Waals surface area contributed by atoms with Crippen LogP contribution in [0.3, 0.4) is 0 Å². The average molecular weight is 248 g/mol. The van der Waals surface area contributed by atoms with Gasteiger partial charge < -0.3 is 18.6 Å². The van der Waals surface area contributed by atoms with Crippen LogP contribution in [0.25, 0.3) is 11.5 Å². The van der Waals surface area contributed by atoms with E-state index in [0.717, 1.165) is 0 Å². The summed E-state index contributed by atoms with van der Waals surface area (Å²) < 4.78 is 20.1. The first-order valence-corrected chi connectivity index (χ1v) is 5.10. The van der Waals surface area contributed by atoms with Gasteiger partial charge in [0, 0.05) is 5.56 Å². The third kappa shape index (κ3) is 1.65. The molecule has 0 spiro atoms. The van der Waals surface area contributed by atoms with Crippen LogP contribution in [0.1, 0.15) is 10.7 Å². The number of hydrogen-bond acceptors (Lipinski definition) is 7. The SMILES string of the molecule is COC(=O)c1nnc(-c2ccc3c(c2)OCO3)o1. The van der Waals surface area contributed by atoms with Crippen LogP contribution in [-0.4, -0.2) is 30.1 Å². The van der Waals surface area contributed by atoms with Crippen LogP contribution in [0.5, 0.6) is 11.5 Å². The molecule has 0 saturated heterocycles. The first-order valence-electron chi connectivity index (χ1n) is 5.10. The topological polar surface area (TPSA) is 83.7 Å². The molecule has 0 amide bonds. The van der Waals surface area contributed by atoms with E-state index in [1.807, 2.05) is 0 Å². The summed E-state index contributed by atoms with van der Waals surface area (Å²) in [5.74, 6) is 0.616. The second-order valence-corrected chi connectivity index (χ2v) is 3.47. The Morgan fingerprint density at radius 3 is 2.94 bits per heavy atom. The number of carbonyl (C=O) groups is 1. The Bertz CT molecular complexity index is 607. The van der Waals surface area contributed by atoms with Gasteiger partial charge in [-0.25, -0.2) is 4.79 Å². The quantitative estimate of drug-likeness (QED) is 0.739. The smallest absolute Gasteiger partial charge is 0.396 e. The van der Waals surface area contributed by atoms with Gasteiger partial charge in [-0.2, -0.15) is 0 Å². The Morgan fingerprint density at radius 1 is 1.28 bits per heavy atom. The molecule has 7 heteroatoms. The van der Waals surface area contributed by atoms with Crippen molar-refractivity contribution < 1.29 is 23.4 Å². The Labute approximate surface area is 101 Å². The minimum atomic E-state index is -0.672. The lowest BCUT2D eigenvalue weighted by atomic mass is 10.2. The molecular weight excluding hydrogens is 240 g/mol. The van der Waals surface area contributed by atoms with Gasteiger partial charge in [-0.15, -0.1) is 10.2 Å². The number of methoxy groups -OCH3 is 1. The average Bonchev–Trinajstić information content (AvgIpc) is 3.05. The van der Waals surface area contributed by atoms with E-state index >= 15 is 0 Å². The van der Waals surface area contributed by atoms with Crippen LogP contribution in [-0.2, 0) is 4.74 Å². The molecule has 2 aromatic rings. The Kier molecular flexibility index (Phi) is 2.36. The number of aromatic nitrogens is 2. The van der Waals surface area contributed by atoms with E-state index in [-0.39, 0.29) is 18.6 Å². The number of rotatable bonds is 2. The van der Waals surface area contributed by atoms with Crippen molar-refractivity contribution >= 4 is 5.97 Å². The molecule has 0 saturated carbocycles. The summed E-state index contributed by atoms with van der Waals surface area (Å²) in [6, 6.07) is 5.18. The Balaban J connectivity index is 1.95. The van der Waals surface area contributed by atoms with Crippen molar-refractivity contribution in [3.8, 4) is 23.0 Å². The molecule has 0 aliphatic carbocycles. The summed E-state index contributed by atoms with van der Waals surface area (Å²) >= 11 is 0. The van der Waals surface area contributed by atoms with Crippen molar-refractivity contribution in [2.45, 2.75) is 0 Å². The zero-order chi connectivity index (χ0) is 12.5. The van der Waals surface area contributed by atoms with Crippen molar-refractivity contribution in [2.75, 3.05) is 13.9 Å². The predicted molar refractivity (Wildman–Crippen MR) is 57.2 cm³/mol. The summed E-state index contributed by atoms with van der Waals surface area (Å²) in [6.07, 6.45) is 0. The van der Waals surface area contributed by atoms with Crippen LogP contribution in [0.2, 0.25) is 0 Å². The van der Waals surface area contributed by atoms with E-state index in [0.29, 0.717) is 17.1 Å². The number of ether oxygens (including phenoxy) is 3. The summed E-state index contributed by atoms with van der Waals surface area (Å²) in [6.45, 7) is 0.191. The molecular formula is C11H8N2O5. The van der Waals surface area contributed by atoms with E-state index in [9.17, 15) is 4.79 Å². The highest BCUT2D eigenvalue weighted by atomic mass is 16.7. The van der Waals surface area contributed by atoms with Crippen molar-refractivity contribution in [2.24, 2.45) is 0 Å². The molecule has 0 atom stereocenters. The largest absolute Gasteiger partial charge is 0.462 e. The van der Waals surface area contributed by atoms with Crippen LogP contribution >= 0.6 is 0 Å². The summed E-state index contributed by atoms with van der Waals surface area (Å²) in [5.41, 5.74) is 0.641. The van der Waals surface area contributed by atoms with E-state index in [4.69, 9.17) is 13.9 Å². The third-order valence-electron chi connectivity index (χ3n) is 2.40. The first kappa shape index (κ1) is 10.6. The van der Waals surface area contributed by atoms with Crippen molar-refractivity contribution in [3.63, 3.8) is 0 Å². The predicted octanol–water partition coefficient (Wildman–Crippen LogP) is 1.25. The molecule has 3 rings (SSSR count). The molecule has 92 valence electrons. The van der Waals surface area contributed by atoms with Gasteiger partial charge in [-0.1, -0.05) is 0 Å². The molecule has 0 bridgehead atoms. The molecule has 0 radical (unpaired) electrons. The number of carbonyl (C=O) groups excluding carboxylic acids is 1. The zero-order valence-electron chi connectivity index (χ0n) is 9.37. The fourth-order valence-electron chi connectivity index (χ4n) is 1.54. The maximum Gasteiger partial charge on any atom is 0.396 e. The summed E-state index contributed by atoms with van der Waals surface area (Å²) in [5, 5.41) is 7.36. The van der Waals surface area contributed by atoms with Crippen molar-refractivity contribution in [1.29, 1.82) is 0 Å². The number of benzene rings is 1. The third-order valence-corrected chi connectivity index (χ3v) is 2.40. The molecule has 1 aromatic heterocycles. The molecule has 0 unspecified atom stereocenters. The lowest BCUT2D eigenvalue weighted by Crippen LogP contribution is -2.00. The fraction of sp³-hybridized carbons (Fsp3) is 0.182. The molecule has 1 aliphatic rings. The van der Waals surface area contributed by atoms with Gasteiger partial charge in [-0.05, 0) is 18.2 Å². The minimum absolute atomic E-state index is 0.190. The van der Waals surface area contributed by atoms with Crippen molar-refractivity contribution in [3.05, 3.63) is 24.1 Å². The second kappa shape index (κ2) is 4.02. The van der Waals surface area contributed by atoms with Gasteiger partial charge >= 0.3 is 11.9 Å². The normalized spacial score (nSPS) is 12.5. The second-order valence-electron chi connectivity index (χ2n) is 3.47. The lowest BCUT2D eigenvalue weighted by Gasteiger charge is -1.97. The number of hydrogen-bond donors (Lipinski definition) is 0. The number of fused-ring (bicyclic) bond motifs is 1. The maximum atomic E-state index is 11.2. The fourth-order valence-corrected chi connectivity index (χ4v) is 1.54. The summed E-state index contributed by atoms with van der Waals surface area (Å²) in [7, 11) is 1.24. The molecule has 1 aliphatic heterocycles. The van der Waals surface area contributed by atoms with Gasteiger partial charge in [0.05, 0.1) is 7.11 Å². The van der Waals surface area contributed by atoms with E-state index in [1.165, 1.54) is 7.11 Å². The highest BCUT2D eigenvalue weighted by molar-refractivity contribution is 5.84. The monoisotopic (exact) mass is 248 g/mol. The molecule has 0 fully saturated rings. The van der Waals surface area contributed by atoms with Crippen LogP contribution in [0.15, 0.2) is 22.6 Å². The van der Waals surface area contributed by atoms with E-state index < -0.39 is 5.97 Å². The highest BCUT2D eigenvalue weighted by Gasteiger charge is 2.19. The zero-order valence-corrected chi connectivity index (χ0v) is 9.37. The minimum Gasteiger partial charge on any atom is -0.462 e. The van der Waals surface area contributed by atoms with Gasteiger partial charge in [0.1, 0.15) is 0 Å². The van der Waals surface area contributed by atoms with Gasteiger partial charge in [0.25, 0.3) is 0 Å². The van der Waals surface area contributed by atoms with Crippen LogP contribution in [0.4, 0.5) is 0 Å². The van der Waals surface area contributed by atoms with E-state index in [1.54, 1.807) is 18.2 Å². The van der Waals surface area contributed by atoms with Gasteiger partial charge in [0.2, 0.25) is 12.7 Å². The molecule has 1 aromatic carbocycles. The van der Waals surface area contributed by atoms with Crippen LogP contribution < -0.4 is 9.47 Å². The molecule has 0 N–H and O–H groups in total. The number of esters is 1. The molecule has 2 heterocycles. The Morgan fingerprint density at radius 2 is 2.11 bits per heavy atom. The first-order chi connectivity index (χ1) is 8.78. The highest BCUT2D eigenvalue weighted by Crippen LogP contribution is 2.35. The maximum absolute atomic E-state index is 11.2. The molecule has 18 heavy (non-hydrogen) atoms. The van der Waals surface area contributed by atoms with Gasteiger partial charge in [0.15, 0.2) is 11.5 Å². The standard InChI is InChI=1S/C11H8N2O5/c1-15-11(14)10-13-12-9(18-10)6-2-3-7-8(4-6)17-5-16-7/h2-4H,5H2,1H3. The van der Waals surface area contributed by atoms with Crippen LogP contribution in [0, 0.1) is 0 Å².